The molecule has 0 aliphatic heterocycles. The second kappa shape index (κ2) is 7.19. The minimum absolute atomic E-state index is 0.102. The van der Waals surface area contributed by atoms with E-state index in [-0.39, 0.29) is 5.97 Å². The van der Waals surface area contributed by atoms with Gasteiger partial charge in [0, 0.05) is 0 Å². The molecule has 0 unspecified atom stereocenters. The van der Waals surface area contributed by atoms with Gasteiger partial charge in [0.2, 0.25) is 0 Å². The molecule has 0 saturated carbocycles. The van der Waals surface area contributed by atoms with Crippen molar-refractivity contribution in [2.75, 3.05) is 0 Å². The Kier molecular flexibility index (Phi) is 7.06. The zero-order chi connectivity index (χ0) is 13.6. The first-order valence-electron chi connectivity index (χ1n) is 6.85. The van der Waals surface area contributed by atoms with Crippen LogP contribution in [0.4, 0.5) is 0 Å². The molecule has 0 atom stereocenters. The van der Waals surface area contributed by atoms with Crippen molar-refractivity contribution < 1.29 is 9.22 Å². The Balaban J connectivity index is 4.87. The van der Waals surface area contributed by atoms with E-state index in [1.807, 2.05) is 0 Å². The molecule has 3 heteroatoms. The van der Waals surface area contributed by atoms with E-state index in [2.05, 4.69) is 48.5 Å². The summed E-state index contributed by atoms with van der Waals surface area (Å²) in [5, 5.41) is 0. The number of hydrogen-bond acceptors (Lipinski definition) is 2. The van der Waals surface area contributed by atoms with Crippen LogP contribution in [0, 0.1) is 6.42 Å². The third-order valence-corrected chi connectivity index (χ3v) is 9.55. The Bertz CT molecular complexity index is 213. The van der Waals surface area contributed by atoms with Crippen molar-refractivity contribution in [3.63, 3.8) is 0 Å². The van der Waals surface area contributed by atoms with Crippen molar-refractivity contribution in [2.24, 2.45) is 0 Å². The van der Waals surface area contributed by atoms with Crippen molar-refractivity contribution in [1.29, 1.82) is 0 Å². The van der Waals surface area contributed by atoms with E-state index in [0.29, 0.717) is 16.6 Å². The van der Waals surface area contributed by atoms with E-state index in [1.165, 1.54) is 0 Å². The van der Waals surface area contributed by atoms with Crippen LogP contribution in [-0.4, -0.2) is 14.3 Å². The quantitative estimate of drug-likeness (QED) is 0.617. The molecule has 0 aromatic rings. The van der Waals surface area contributed by atoms with Crippen LogP contribution in [0.15, 0.2) is 0 Å². The van der Waals surface area contributed by atoms with Gasteiger partial charge in [-0.3, -0.25) is 4.79 Å². The largest absolute Gasteiger partial charge is 0.518 e. The van der Waals surface area contributed by atoms with E-state index < -0.39 is 8.32 Å². The van der Waals surface area contributed by atoms with Crippen LogP contribution < -0.4 is 0 Å². The minimum Gasteiger partial charge on any atom is -0.518 e. The number of unbranched alkanes of at least 4 members (excludes halogenated alkanes) is 1. The van der Waals surface area contributed by atoms with Crippen LogP contribution >= 0.6 is 0 Å². The van der Waals surface area contributed by atoms with Gasteiger partial charge in [0.15, 0.2) is 0 Å². The van der Waals surface area contributed by atoms with Crippen LogP contribution in [0.2, 0.25) is 16.6 Å². The lowest BCUT2D eigenvalue weighted by Gasteiger charge is -2.41. The average molecular weight is 257 g/mol. The van der Waals surface area contributed by atoms with Crippen LogP contribution in [0.25, 0.3) is 0 Å². The lowest BCUT2D eigenvalue weighted by molar-refractivity contribution is -0.132. The second-order valence-electron chi connectivity index (χ2n) is 5.73. The van der Waals surface area contributed by atoms with Gasteiger partial charge in [-0.15, -0.1) is 0 Å². The van der Waals surface area contributed by atoms with Crippen molar-refractivity contribution >= 4 is 14.3 Å². The van der Waals surface area contributed by atoms with E-state index >= 15 is 0 Å². The third kappa shape index (κ3) is 4.13. The number of carbonyl (C=O) groups excluding carboxylic acids is 1. The molecule has 0 heterocycles. The van der Waals surface area contributed by atoms with Crippen molar-refractivity contribution in [3.05, 3.63) is 6.42 Å². The van der Waals surface area contributed by atoms with Crippen molar-refractivity contribution in [3.8, 4) is 0 Å². The molecule has 2 nitrogen and oxygen atoms in total. The molecule has 17 heavy (non-hydrogen) atoms. The molecule has 1 radical (unpaired) electrons. The van der Waals surface area contributed by atoms with Gasteiger partial charge in [0.25, 0.3) is 14.3 Å². The fourth-order valence-corrected chi connectivity index (χ4v) is 7.97. The normalized spacial score (nSPS) is 12.6. The SMILES string of the molecule is CCC[CH]C(=O)O[Si](C(C)C)(C(C)C)C(C)C. The topological polar surface area (TPSA) is 26.3 Å². The second-order valence-corrected chi connectivity index (χ2v) is 11.1. The Morgan fingerprint density at radius 1 is 1.06 bits per heavy atom. The molecule has 0 fully saturated rings. The molecule has 0 aromatic heterocycles. The third-order valence-electron chi connectivity index (χ3n) is 3.58. The Hall–Kier alpha value is -0.313. The van der Waals surface area contributed by atoms with E-state index in [4.69, 9.17) is 4.43 Å². The molecule has 0 aliphatic rings. The molecule has 0 bridgehead atoms. The monoisotopic (exact) mass is 257 g/mol. The molecule has 0 amide bonds. The Labute approximate surface area is 108 Å². The molecule has 0 spiro atoms. The summed E-state index contributed by atoms with van der Waals surface area (Å²) in [5.41, 5.74) is 1.38. The van der Waals surface area contributed by atoms with E-state index in [0.717, 1.165) is 12.8 Å². The summed E-state index contributed by atoms with van der Waals surface area (Å²) in [7, 11) is -2.02. The van der Waals surface area contributed by atoms with Gasteiger partial charge in [-0.1, -0.05) is 54.9 Å². The number of carbonyl (C=O) groups is 1. The summed E-state index contributed by atoms with van der Waals surface area (Å²) < 4.78 is 5.97. The molecule has 0 saturated heterocycles. The standard InChI is InChI=1S/C14H29O2Si/c1-8-9-10-14(15)16-17(11(2)3,12(4)5)13(6)7/h10-13H,8-9H2,1-7H3. The summed E-state index contributed by atoms with van der Waals surface area (Å²) in [5.74, 6) is -0.102. The molecular formula is C14H29O2Si. The lowest BCUT2D eigenvalue weighted by Crippen LogP contribution is -2.49. The van der Waals surface area contributed by atoms with Gasteiger partial charge in [0.05, 0.1) is 6.42 Å². The zero-order valence-electron chi connectivity index (χ0n) is 12.5. The smallest absolute Gasteiger partial charge is 0.296 e. The van der Waals surface area contributed by atoms with E-state index in [1.54, 1.807) is 6.42 Å². The highest BCUT2D eigenvalue weighted by atomic mass is 28.4. The number of hydrogen-bond donors (Lipinski definition) is 0. The fraction of sp³-hybridized carbons (Fsp3) is 0.857. The maximum atomic E-state index is 11.9. The molecule has 0 aliphatic carbocycles. The predicted octanol–water partition coefficient (Wildman–Crippen LogP) is 4.71. The number of rotatable bonds is 7. The molecule has 0 rings (SSSR count). The summed E-state index contributed by atoms with van der Waals surface area (Å²) in [6.07, 6.45) is 3.52. The Morgan fingerprint density at radius 2 is 1.47 bits per heavy atom. The van der Waals surface area contributed by atoms with Crippen molar-refractivity contribution in [2.45, 2.75) is 77.9 Å². The van der Waals surface area contributed by atoms with Crippen LogP contribution in [0.1, 0.15) is 61.3 Å². The summed E-state index contributed by atoms with van der Waals surface area (Å²) >= 11 is 0. The first-order chi connectivity index (χ1) is 7.78. The van der Waals surface area contributed by atoms with Gasteiger partial charge < -0.3 is 4.43 Å². The highest BCUT2D eigenvalue weighted by molar-refractivity contribution is 6.79. The molecule has 101 valence electrons. The van der Waals surface area contributed by atoms with E-state index in [9.17, 15) is 4.79 Å². The van der Waals surface area contributed by atoms with Gasteiger partial charge >= 0.3 is 0 Å². The van der Waals surface area contributed by atoms with Crippen LogP contribution in [0.5, 0.6) is 0 Å². The van der Waals surface area contributed by atoms with Crippen LogP contribution in [-0.2, 0) is 9.22 Å². The van der Waals surface area contributed by atoms with Gasteiger partial charge in [-0.2, -0.15) is 0 Å². The Morgan fingerprint density at radius 3 is 1.76 bits per heavy atom. The predicted molar refractivity (Wildman–Crippen MR) is 76.3 cm³/mol. The lowest BCUT2D eigenvalue weighted by atomic mass is 10.3. The fourth-order valence-electron chi connectivity index (χ4n) is 2.83. The zero-order valence-corrected chi connectivity index (χ0v) is 13.5. The van der Waals surface area contributed by atoms with Crippen molar-refractivity contribution in [1.82, 2.24) is 0 Å². The van der Waals surface area contributed by atoms with Gasteiger partial charge in [-0.25, -0.2) is 0 Å². The average Bonchev–Trinajstić information content (AvgIpc) is 2.21. The van der Waals surface area contributed by atoms with Crippen LogP contribution in [0.3, 0.4) is 0 Å². The van der Waals surface area contributed by atoms with Gasteiger partial charge in [0.1, 0.15) is 0 Å². The summed E-state index contributed by atoms with van der Waals surface area (Å²) in [6, 6.07) is 0. The highest BCUT2D eigenvalue weighted by Crippen LogP contribution is 2.42. The maximum Gasteiger partial charge on any atom is 0.296 e. The molecule has 0 N–H and O–H groups in total. The molecule has 0 aromatic carbocycles. The maximum absolute atomic E-state index is 11.9. The summed E-state index contributed by atoms with van der Waals surface area (Å²) in [4.78, 5) is 11.9. The highest BCUT2D eigenvalue weighted by Gasteiger charge is 2.47. The molecular weight excluding hydrogens is 228 g/mol. The van der Waals surface area contributed by atoms with Gasteiger partial charge in [-0.05, 0) is 23.0 Å². The first kappa shape index (κ1) is 16.7. The first-order valence-corrected chi connectivity index (χ1v) is 8.99. The summed E-state index contributed by atoms with van der Waals surface area (Å²) in [6.45, 7) is 15.2. The minimum atomic E-state index is -2.02.